The zero-order valence-electron chi connectivity index (χ0n) is 8.16. The van der Waals surface area contributed by atoms with E-state index in [1.165, 1.54) is 0 Å². The van der Waals surface area contributed by atoms with E-state index < -0.39 is 0 Å². The zero-order valence-corrected chi connectivity index (χ0v) is 8.16. The van der Waals surface area contributed by atoms with Crippen LogP contribution >= 0.6 is 0 Å². The van der Waals surface area contributed by atoms with Crippen molar-refractivity contribution in [2.75, 3.05) is 13.3 Å². The van der Waals surface area contributed by atoms with Gasteiger partial charge in [-0.25, -0.2) is 0 Å². The molecule has 15 heavy (non-hydrogen) atoms. The van der Waals surface area contributed by atoms with E-state index in [2.05, 4.69) is 0 Å². The molecule has 0 radical (unpaired) electrons. The van der Waals surface area contributed by atoms with Gasteiger partial charge in [-0.05, 0) is 24.6 Å². The zero-order chi connectivity index (χ0) is 10.3. The maximum absolute atomic E-state index is 5.53. The number of hydrogen-bond acceptors (Lipinski definition) is 4. The highest BCUT2D eigenvalue weighted by Gasteiger charge is 2.17. The summed E-state index contributed by atoms with van der Waals surface area (Å²) in [6.45, 7) is 0.900. The molecule has 2 heterocycles. The fraction of sp³-hybridized carbons (Fsp3) is 0.273. The van der Waals surface area contributed by atoms with E-state index in [0.29, 0.717) is 6.54 Å². The van der Waals surface area contributed by atoms with Crippen LogP contribution in [0.1, 0.15) is 5.56 Å². The van der Waals surface area contributed by atoms with Crippen molar-refractivity contribution in [3.8, 4) is 11.5 Å². The summed E-state index contributed by atoms with van der Waals surface area (Å²) in [7, 11) is 0. The molecule has 0 atom stereocenters. The average molecular weight is 205 g/mol. The van der Waals surface area contributed by atoms with Gasteiger partial charge in [-0.3, -0.25) is 0 Å². The first-order chi connectivity index (χ1) is 7.38. The van der Waals surface area contributed by atoms with Crippen LogP contribution in [0.4, 0.5) is 0 Å². The number of benzene rings is 1. The van der Waals surface area contributed by atoms with Crippen LogP contribution < -0.4 is 15.2 Å². The second-order valence-electron chi connectivity index (χ2n) is 3.50. The molecular weight excluding hydrogens is 194 g/mol. The van der Waals surface area contributed by atoms with Crippen LogP contribution in [-0.2, 0) is 6.42 Å². The Morgan fingerprint density at radius 3 is 2.80 bits per heavy atom. The molecule has 1 aliphatic rings. The van der Waals surface area contributed by atoms with Gasteiger partial charge in [0, 0.05) is 11.5 Å². The molecule has 1 aromatic carbocycles. The molecule has 1 aromatic heterocycles. The van der Waals surface area contributed by atoms with Gasteiger partial charge in [-0.2, -0.15) is 0 Å². The maximum Gasteiger partial charge on any atom is 0.231 e. The van der Waals surface area contributed by atoms with Crippen molar-refractivity contribution in [3.63, 3.8) is 0 Å². The van der Waals surface area contributed by atoms with E-state index in [1.54, 1.807) is 6.26 Å². The van der Waals surface area contributed by atoms with Gasteiger partial charge in [0.05, 0.1) is 6.26 Å². The van der Waals surface area contributed by atoms with Crippen LogP contribution in [0.3, 0.4) is 0 Å². The Morgan fingerprint density at radius 1 is 1.20 bits per heavy atom. The summed E-state index contributed by atoms with van der Waals surface area (Å²) in [5.41, 5.74) is 7.46. The predicted molar refractivity (Wildman–Crippen MR) is 55.1 cm³/mol. The van der Waals surface area contributed by atoms with Gasteiger partial charge in [-0.1, -0.05) is 0 Å². The highest BCUT2D eigenvalue weighted by molar-refractivity contribution is 5.85. The number of furan rings is 1. The van der Waals surface area contributed by atoms with E-state index in [1.807, 2.05) is 12.1 Å². The molecule has 4 heteroatoms. The van der Waals surface area contributed by atoms with Gasteiger partial charge in [-0.15, -0.1) is 0 Å². The van der Waals surface area contributed by atoms with Crippen LogP contribution in [0.25, 0.3) is 11.0 Å². The summed E-state index contributed by atoms with van der Waals surface area (Å²) in [6.07, 6.45) is 2.55. The van der Waals surface area contributed by atoms with Crippen molar-refractivity contribution in [1.29, 1.82) is 0 Å². The molecule has 0 fully saturated rings. The predicted octanol–water partition coefficient (Wildman–Crippen LogP) is 1.66. The van der Waals surface area contributed by atoms with Crippen molar-refractivity contribution >= 4 is 11.0 Å². The summed E-state index contributed by atoms with van der Waals surface area (Å²) in [5.74, 6) is 1.53. The highest BCUT2D eigenvalue weighted by Crippen LogP contribution is 2.37. The topological polar surface area (TPSA) is 57.6 Å². The molecule has 0 unspecified atom stereocenters. The summed E-state index contributed by atoms with van der Waals surface area (Å²) in [5, 5.41) is 1.06. The van der Waals surface area contributed by atoms with Gasteiger partial charge in [0.15, 0.2) is 11.5 Å². The first-order valence-electron chi connectivity index (χ1n) is 4.88. The van der Waals surface area contributed by atoms with Crippen LogP contribution in [-0.4, -0.2) is 13.3 Å². The highest BCUT2D eigenvalue weighted by atomic mass is 16.7. The lowest BCUT2D eigenvalue weighted by atomic mass is 10.1. The third kappa shape index (κ3) is 1.26. The lowest BCUT2D eigenvalue weighted by Crippen LogP contribution is -2.01. The number of fused-ring (bicyclic) bond motifs is 2. The molecule has 3 rings (SSSR count). The first-order valence-corrected chi connectivity index (χ1v) is 4.88. The standard InChI is InChI=1S/C11H11NO3/c12-2-1-7-5-13-9-4-11-10(3-8(7)9)14-6-15-11/h3-5H,1-2,6,12H2. The number of hydrogen-bond donors (Lipinski definition) is 1. The summed E-state index contributed by atoms with van der Waals surface area (Å²) in [4.78, 5) is 0. The lowest BCUT2D eigenvalue weighted by Gasteiger charge is -1.97. The molecule has 1 aliphatic heterocycles. The monoisotopic (exact) mass is 205 g/mol. The normalized spacial score (nSPS) is 13.7. The van der Waals surface area contributed by atoms with Crippen molar-refractivity contribution in [2.45, 2.75) is 6.42 Å². The maximum atomic E-state index is 5.53. The Hall–Kier alpha value is -1.68. The third-order valence-corrected chi connectivity index (χ3v) is 2.56. The molecular formula is C11H11NO3. The molecule has 0 bridgehead atoms. The molecule has 0 saturated heterocycles. The molecule has 4 nitrogen and oxygen atoms in total. The molecule has 2 N–H and O–H groups in total. The molecule has 0 amide bonds. The van der Waals surface area contributed by atoms with Crippen LogP contribution in [0.2, 0.25) is 0 Å². The van der Waals surface area contributed by atoms with E-state index in [4.69, 9.17) is 19.6 Å². The van der Waals surface area contributed by atoms with E-state index >= 15 is 0 Å². The lowest BCUT2D eigenvalue weighted by molar-refractivity contribution is 0.174. The second-order valence-corrected chi connectivity index (χ2v) is 3.50. The molecule has 0 spiro atoms. The molecule has 0 aliphatic carbocycles. The largest absolute Gasteiger partial charge is 0.464 e. The number of rotatable bonds is 2. The van der Waals surface area contributed by atoms with Crippen molar-refractivity contribution in [2.24, 2.45) is 5.73 Å². The van der Waals surface area contributed by atoms with E-state index in [-0.39, 0.29) is 6.79 Å². The van der Waals surface area contributed by atoms with Crippen molar-refractivity contribution < 1.29 is 13.9 Å². The van der Waals surface area contributed by atoms with Gasteiger partial charge in [0.2, 0.25) is 6.79 Å². The van der Waals surface area contributed by atoms with Crippen LogP contribution in [0, 0.1) is 0 Å². The first kappa shape index (κ1) is 8.61. The Labute approximate surface area is 86.6 Å². The minimum absolute atomic E-state index is 0.286. The molecule has 78 valence electrons. The summed E-state index contributed by atoms with van der Waals surface area (Å²) < 4.78 is 16.0. The molecule has 0 saturated carbocycles. The van der Waals surface area contributed by atoms with Crippen molar-refractivity contribution in [3.05, 3.63) is 24.0 Å². The van der Waals surface area contributed by atoms with Crippen LogP contribution in [0.5, 0.6) is 11.5 Å². The fourth-order valence-electron chi connectivity index (χ4n) is 1.82. The second kappa shape index (κ2) is 3.17. The number of ether oxygens (including phenoxy) is 2. The Morgan fingerprint density at radius 2 is 2.00 bits per heavy atom. The van der Waals surface area contributed by atoms with Gasteiger partial charge < -0.3 is 19.6 Å². The Bertz CT molecular complexity index is 504. The fourth-order valence-corrected chi connectivity index (χ4v) is 1.82. The summed E-state index contributed by atoms with van der Waals surface area (Å²) in [6, 6.07) is 3.81. The smallest absolute Gasteiger partial charge is 0.231 e. The van der Waals surface area contributed by atoms with Crippen molar-refractivity contribution in [1.82, 2.24) is 0 Å². The Balaban J connectivity index is 2.18. The van der Waals surface area contributed by atoms with Crippen LogP contribution in [0.15, 0.2) is 22.8 Å². The van der Waals surface area contributed by atoms with Gasteiger partial charge in [0.1, 0.15) is 5.58 Å². The SMILES string of the molecule is NCCc1coc2cc3c(cc12)OCO3. The molecule has 2 aromatic rings. The van der Waals surface area contributed by atoms with E-state index in [9.17, 15) is 0 Å². The minimum atomic E-state index is 0.286. The van der Waals surface area contributed by atoms with Gasteiger partial charge >= 0.3 is 0 Å². The quantitative estimate of drug-likeness (QED) is 0.810. The van der Waals surface area contributed by atoms with Gasteiger partial charge in [0.25, 0.3) is 0 Å². The number of nitrogens with two attached hydrogens (primary N) is 1. The Kier molecular flexibility index (Phi) is 1.82. The van der Waals surface area contributed by atoms with E-state index in [0.717, 1.165) is 34.5 Å². The average Bonchev–Trinajstić information content (AvgIpc) is 2.82. The summed E-state index contributed by atoms with van der Waals surface area (Å²) >= 11 is 0. The third-order valence-electron chi connectivity index (χ3n) is 2.56. The minimum Gasteiger partial charge on any atom is -0.464 e.